The SMILES string of the molecule is NCC1(CC(=O)Nc2ccc(-n3ccnc3)nc2)CCC1. The Kier molecular flexibility index (Phi) is 3.70. The van der Waals surface area contributed by atoms with Crippen molar-refractivity contribution in [3.05, 3.63) is 37.1 Å². The van der Waals surface area contributed by atoms with Gasteiger partial charge in [0.05, 0.1) is 11.9 Å². The summed E-state index contributed by atoms with van der Waals surface area (Å²) in [7, 11) is 0. The zero-order valence-corrected chi connectivity index (χ0v) is 11.8. The molecule has 0 bridgehead atoms. The van der Waals surface area contributed by atoms with E-state index < -0.39 is 0 Å². The van der Waals surface area contributed by atoms with E-state index in [2.05, 4.69) is 15.3 Å². The molecule has 0 saturated heterocycles. The van der Waals surface area contributed by atoms with Crippen molar-refractivity contribution < 1.29 is 4.79 Å². The van der Waals surface area contributed by atoms with Crippen LogP contribution in [0.4, 0.5) is 5.69 Å². The highest BCUT2D eigenvalue weighted by atomic mass is 16.1. The molecule has 0 spiro atoms. The number of nitrogens with zero attached hydrogens (tertiary/aromatic N) is 3. The second kappa shape index (κ2) is 5.65. The summed E-state index contributed by atoms with van der Waals surface area (Å²) in [5.41, 5.74) is 6.51. The van der Waals surface area contributed by atoms with Gasteiger partial charge in [-0.15, -0.1) is 0 Å². The molecule has 2 aromatic rings. The van der Waals surface area contributed by atoms with E-state index in [1.165, 1.54) is 6.42 Å². The molecule has 2 heterocycles. The molecule has 6 heteroatoms. The second-order valence-electron chi connectivity index (χ2n) is 5.66. The smallest absolute Gasteiger partial charge is 0.225 e. The second-order valence-corrected chi connectivity index (χ2v) is 5.66. The largest absolute Gasteiger partial charge is 0.330 e. The average Bonchev–Trinajstić information content (AvgIpc) is 2.98. The third-order valence-corrected chi connectivity index (χ3v) is 4.18. The van der Waals surface area contributed by atoms with Crippen LogP contribution in [0.5, 0.6) is 0 Å². The Morgan fingerprint density at radius 3 is 2.81 bits per heavy atom. The van der Waals surface area contributed by atoms with E-state index in [0.29, 0.717) is 18.7 Å². The molecule has 0 unspecified atom stereocenters. The van der Waals surface area contributed by atoms with E-state index in [9.17, 15) is 4.79 Å². The molecule has 3 N–H and O–H groups in total. The fraction of sp³-hybridized carbons (Fsp3) is 0.400. The van der Waals surface area contributed by atoms with Crippen LogP contribution in [0.15, 0.2) is 37.1 Å². The highest BCUT2D eigenvalue weighted by molar-refractivity contribution is 5.91. The Morgan fingerprint density at radius 2 is 2.29 bits per heavy atom. The number of hydrogen-bond donors (Lipinski definition) is 2. The highest BCUT2D eigenvalue weighted by Gasteiger charge is 2.37. The lowest BCUT2D eigenvalue weighted by Crippen LogP contribution is -2.40. The third kappa shape index (κ3) is 2.95. The molecule has 1 saturated carbocycles. The summed E-state index contributed by atoms with van der Waals surface area (Å²) in [6, 6.07) is 3.69. The zero-order chi connectivity index (χ0) is 14.7. The first-order chi connectivity index (χ1) is 10.2. The van der Waals surface area contributed by atoms with E-state index in [-0.39, 0.29) is 11.3 Å². The van der Waals surface area contributed by atoms with Crippen LogP contribution in [0.1, 0.15) is 25.7 Å². The molecule has 21 heavy (non-hydrogen) atoms. The summed E-state index contributed by atoms with van der Waals surface area (Å²) in [5.74, 6) is 0.778. The van der Waals surface area contributed by atoms with Crippen molar-refractivity contribution in [2.24, 2.45) is 11.1 Å². The molecule has 1 fully saturated rings. The van der Waals surface area contributed by atoms with Crippen LogP contribution >= 0.6 is 0 Å². The molecular formula is C15H19N5O. The maximum absolute atomic E-state index is 12.1. The van der Waals surface area contributed by atoms with Gasteiger partial charge in [0.25, 0.3) is 0 Å². The lowest BCUT2D eigenvalue weighted by molar-refractivity contribution is -0.119. The molecule has 1 aliphatic rings. The molecule has 3 rings (SSSR count). The maximum atomic E-state index is 12.1. The van der Waals surface area contributed by atoms with Gasteiger partial charge in [-0.3, -0.25) is 9.36 Å². The molecule has 1 amide bonds. The number of aromatic nitrogens is 3. The van der Waals surface area contributed by atoms with Gasteiger partial charge in [-0.2, -0.15) is 0 Å². The van der Waals surface area contributed by atoms with Gasteiger partial charge in [0.2, 0.25) is 5.91 Å². The van der Waals surface area contributed by atoms with Crippen molar-refractivity contribution in [2.45, 2.75) is 25.7 Å². The number of anilines is 1. The molecule has 1 aliphatic carbocycles. The molecule has 0 aliphatic heterocycles. The molecule has 0 aromatic carbocycles. The number of amides is 1. The quantitative estimate of drug-likeness (QED) is 0.876. The lowest BCUT2D eigenvalue weighted by atomic mass is 9.66. The van der Waals surface area contributed by atoms with Gasteiger partial charge in [-0.05, 0) is 36.9 Å². The van der Waals surface area contributed by atoms with Gasteiger partial charge in [0, 0.05) is 18.8 Å². The van der Waals surface area contributed by atoms with Gasteiger partial charge < -0.3 is 11.1 Å². The minimum Gasteiger partial charge on any atom is -0.330 e. The van der Waals surface area contributed by atoms with E-state index in [4.69, 9.17) is 5.73 Å². The average molecular weight is 285 g/mol. The number of carbonyl (C=O) groups is 1. The highest BCUT2D eigenvalue weighted by Crippen LogP contribution is 2.43. The van der Waals surface area contributed by atoms with Crippen LogP contribution in [-0.4, -0.2) is 27.0 Å². The summed E-state index contributed by atoms with van der Waals surface area (Å²) in [6.45, 7) is 0.582. The van der Waals surface area contributed by atoms with E-state index >= 15 is 0 Å². The Balaban J connectivity index is 1.61. The summed E-state index contributed by atoms with van der Waals surface area (Å²) in [5, 5.41) is 2.89. The first-order valence-electron chi connectivity index (χ1n) is 7.15. The Hall–Kier alpha value is -2.21. The third-order valence-electron chi connectivity index (χ3n) is 4.18. The molecular weight excluding hydrogens is 266 g/mol. The fourth-order valence-corrected chi connectivity index (χ4v) is 2.68. The fourth-order valence-electron chi connectivity index (χ4n) is 2.68. The zero-order valence-electron chi connectivity index (χ0n) is 11.8. The number of rotatable bonds is 5. The number of hydrogen-bond acceptors (Lipinski definition) is 4. The molecule has 2 aromatic heterocycles. The van der Waals surface area contributed by atoms with Crippen molar-refractivity contribution in [2.75, 3.05) is 11.9 Å². The van der Waals surface area contributed by atoms with Crippen molar-refractivity contribution in [3.8, 4) is 5.82 Å². The Bertz CT molecular complexity index is 596. The number of nitrogens with one attached hydrogen (secondary N) is 1. The Morgan fingerprint density at radius 1 is 1.43 bits per heavy atom. The lowest BCUT2D eigenvalue weighted by Gasteiger charge is -2.40. The number of nitrogens with two attached hydrogens (primary N) is 1. The topological polar surface area (TPSA) is 85.8 Å². The molecule has 0 radical (unpaired) electrons. The summed E-state index contributed by atoms with van der Waals surface area (Å²) in [6.07, 6.45) is 10.6. The number of imidazole rings is 1. The maximum Gasteiger partial charge on any atom is 0.225 e. The van der Waals surface area contributed by atoms with Crippen LogP contribution in [0.25, 0.3) is 5.82 Å². The van der Waals surface area contributed by atoms with Gasteiger partial charge in [0.1, 0.15) is 12.1 Å². The monoisotopic (exact) mass is 285 g/mol. The van der Waals surface area contributed by atoms with Crippen LogP contribution in [0.2, 0.25) is 0 Å². The molecule has 6 nitrogen and oxygen atoms in total. The predicted octanol–water partition coefficient (Wildman–Crippen LogP) is 1.72. The standard InChI is InChI=1S/C15H19N5O/c16-10-15(4-1-5-15)8-14(21)19-12-2-3-13(18-9-12)20-7-6-17-11-20/h2-3,6-7,9,11H,1,4-5,8,10,16H2,(H,19,21). The molecule has 0 atom stereocenters. The van der Waals surface area contributed by atoms with E-state index in [1.54, 1.807) is 18.7 Å². The number of pyridine rings is 1. The predicted molar refractivity (Wildman–Crippen MR) is 79.9 cm³/mol. The summed E-state index contributed by atoms with van der Waals surface area (Å²) < 4.78 is 1.81. The first kappa shape index (κ1) is 13.8. The van der Waals surface area contributed by atoms with Gasteiger partial charge in [-0.1, -0.05) is 6.42 Å². The van der Waals surface area contributed by atoms with Gasteiger partial charge in [-0.25, -0.2) is 9.97 Å². The van der Waals surface area contributed by atoms with Crippen molar-refractivity contribution in [1.82, 2.24) is 14.5 Å². The van der Waals surface area contributed by atoms with Crippen LogP contribution in [0.3, 0.4) is 0 Å². The van der Waals surface area contributed by atoms with Crippen LogP contribution in [0, 0.1) is 5.41 Å². The normalized spacial score (nSPS) is 16.2. The Labute approximate surface area is 123 Å². The van der Waals surface area contributed by atoms with Crippen LogP contribution < -0.4 is 11.1 Å². The van der Waals surface area contributed by atoms with Crippen molar-refractivity contribution >= 4 is 11.6 Å². The summed E-state index contributed by atoms with van der Waals surface area (Å²) >= 11 is 0. The first-order valence-corrected chi connectivity index (χ1v) is 7.15. The summed E-state index contributed by atoms with van der Waals surface area (Å²) in [4.78, 5) is 20.4. The van der Waals surface area contributed by atoms with Crippen molar-refractivity contribution in [3.63, 3.8) is 0 Å². The van der Waals surface area contributed by atoms with Crippen LogP contribution in [-0.2, 0) is 4.79 Å². The minimum atomic E-state index is 0.0114. The van der Waals surface area contributed by atoms with Crippen molar-refractivity contribution in [1.29, 1.82) is 0 Å². The minimum absolute atomic E-state index is 0.0114. The van der Waals surface area contributed by atoms with E-state index in [1.807, 2.05) is 22.9 Å². The van der Waals surface area contributed by atoms with Gasteiger partial charge in [0.15, 0.2) is 0 Å². The van der Waals surface area contributed by atoms with E-state index in [0.717, 1.165) is 18.7 Å². The number of carbonyl (C=O) groups excluding carboxylic acids is 1. The molecule has 110 valence electrons. The van der Waals surface area contributed by atoms with Gasteiger partial charge >= 0.3 is 0 Å².